The molecule has 0 N–H and O–H groups in total. The van der Waals surface area contributed by atoms with E-state index in [2.05, 4.69) is 133 Å². The van der Waals surface area contributed by atoms with Gasteiger partial charge in [-0.15, -0.1) is 52.7 Å². The maximum atomic E-state index is 6.50. The quantitative estimate of drug-likeness (QED) is 0.166. The van der Waals surface area contributed by atoms with E-state index in [0.29, 0.717) is 11.5 Å². The van der Waals surface area contributed by atoms with Crippen molar-refractivity contribution in [3.63, 3.8) is 0 Å². The molecular weight excluding hydrogens is 794 g/mol. The minimum absolute atomic E-state index is 0. The average molecular weight is 824 g/mol. The number of anilines is 3. The first-order valence-electron chi connectivity index (χ1n) is 15.6. The van der Waals surface area contributed by atoms with Gasteiger partial charge in [0.1, 0.15) is 10.6 Å². The molecule has 0 aliphatic carbocycles. The van der Waals surface area contributed by atoms with Crippen molar-refractivity contribution in [1.82, 2.24) is 14.5 Å². The van der Waals surface area contributed by atoms with Crippen LogP contribution in [0, 0.1) is 18.8 Å². The number of benzene rings is 4. The van der Waals surface area contributed by atoms with E-state index in [0.717, 1.165) is 49.5 Å². The largest absolute Gasteiger partial charge is 0.509 e. The third-order valence-electron chi connectivity index (χ3n) is 8.91. The van der Waals surface area contributed by atoms with Crippen LogP contribution in [0.25, 0.3) is 47.9 Å². The Hall–Kier alpha value is -4.71. The van der Waals surface area contributed by atoms with Crippen molar-refractivity contribution in [1.29, 1.82) is 0 Å². The summed E-state index contributed by atoms with van der Waals surface area (Å²) in [4.78, 5) is 14.8. The molecule has 4 aromatic heterocycles. The van der Waals surface area contributed by atoms with Gasteiger partial charge in [-0.25, -0.2) is 9.97 Å². The molecule has 1 aliphatic rings. The Morgan fingerprint density at radius 3 is 2.46 bits per heavy atom. The first kappa shape index (κ1) is 30.6. The summed E-state index contributed by atoms with van der Waals surface area (Å²) in [6.07, 6.45) is 3.75. The Balaban J connectivity index is 0.00000336. The number of para-hydroxylation sites is 1. The van der Waals surface area contributed by atoms with Crippen molar-refractivity contribution in [2.75, 3.05) is 16.8 Å². The third kappa shape index (κ3) is 4.87. The van der Waals surface area contributed by atoms with E-state index in [4.69, 9.17) is 9.72 Å². The molecule has 0 amide bonds. The molecule has 0 bridgehead atoms. The van der Waals surface area contributed by atoms with Crippen LogP contribution in [0.5, 0.6) is 11.5 Å². The van der Waals surface area contributed by atoms with Gasteiger partial charge in [-0.3, -0.25) is 0 Å². The van der Waals surface area contributed by atoms with E-state index in [9.17, 15) is 0 Å². The van der Waals surface area contributed by atoms with Gasteiger partial charge in [0.05, 0.1) is 10.4 Å². The Morgan fingerprint density at radius 2 is 1.58 bits per heavy atom. The Morgan fingerprint density at radius 1 is 0.771 bits per heavy atom. The van der Waals surface area contributed by atoms with Crippen LogP contribution in [0.4, 0.5) is 17.1 Å². The molecule has 8 heteroatoms. The van der Waals surface area contributed by atoms with E-state index < -0.39 is 0 Å². The monoisotopic (exact) mass is 823 g/mol. The summed E-state index contributed by atoms with van der Waals surface area (Å²) in [6.45, 7) is 8.77. The zero-order valence-electron chi connectivity index (χ0n) is 26.8. The van der Waals surface area contributed by atoms with Crippen LogP contribution in [0.1, 0.15) is 26.3 Å². The molecule has 0 unspecified atom stereocenters. The first-order chi connectivity index (χ1) is 22.8. The number of thiophene rings is 1. The molecule has 4 aromatic carbocycles. The summed E-state index contributed by atoms with van der Waals surface area (Å²) in [5.41, 5.74) is 6.38. The van der Waals surface area contributed by atoms with Crippen molar-refractivity contribution >= 4 is 70.5 Å². The molecule has 240 valence electrons. The molecule has 8 aromatic rings. The number of hydrogen-bond donors (Lipinski definition) is 0. The maximum Gasteiger partial charge on any atom is 0.135 e. The van der Waals surface area contributed by atoms with Crippen LogP contribution in [0.2, 0.25) is 0 Å². The van der Waals surface area contributed by atoms with Gasteiger partial charge in [0.15, 0.2) is 0 Å². The predicted molar refractivity (Wildman–Crippen MR) is 193 cm³/mol. The molecule has 0 spiro atoms. The third-order valence-corrected chi connectivity index (χ3v) is 10.0. The smallest absolute Gasteiger partial charge is 0.135 e. The molecule has 6 nitrogen and oxygen atoms in total. The van der Waals surface area contributed by atoms with Crippen molar-refractivity contribution in [3.05, 3.63) is 128 Å². The van der Waals surface area contributed by atoms with Gasteiger partial charge in [0.2, 0.25) is 0 Å². The van der Waals surface area contributed by atoms with Gasteiger partial charge >= 0.3 is 0 Å². The van der Waals surface area contributed by atoms with Crippen LogP contribution in [0.3, 0.4) is 0 Å². The molecule has 9 rings (SSSR count). The van der Waals surface area contributed by atoms with E-state index in [1.807, 2.05) is 36.7 Å². The first-order valence-corrected chi connectivity index (χ1v) is 16.4. The number of fused-ring (bicyclic) bond motifs is 8. The summed E-state index contributed by atoms with van der Waals surface area (Å²) in [5, 5.41) is 4.63. The van der Waals surface area contributed by atoms with E-state index in [1.54, 1.807) is 11.3 Å². The minimum Gasteiger partial charge on any atom is -0.509 e. The fourth-order valence-electron chi connectivity index (χ4n) is 6.58. The minimum atomic E-state index is -0.00296. The molecule has 0 radical (unpaired) electrons. The Kier molecular flexibility index (Phi) is 7.31. The Bertz CT molecular complexity index is 2510. The van der Waals surface area contributed by atoms with Crippen LogP contribution in [0.15, 0.2) is 103 Å². The van der Waals surface area contributed by atoms with Crippen molar-refractivity contribution in [2.24, 2.45) is 0 Å². The number of ether oxygens (including phenoxy) is 1. The van der Waals surface area contributed by atoms with Crippen LogP contribution < -0.4 is 14.5 Å². The fourth-order valence-corrected chi connectivity index (χ4v) is 7.76. The number of rotatable bonds is 4. The van der Waals surface area contributed by atoms with E-state index >= 15 is 0 Å². The maximum absolute atomic E-state index is 6.50. The van der Waals surface area contributed by atoms with Gasteiger partial charge in [0.25, 0.3) is 0 Å². The molecule has 5 heterocycles. The predicted octanol–water partition coefficient (Wildman–Crippen LogP) is 10.3. The normalized spacial score (nSPS) is 13.1. The zero-order chi connectivity index (χ0) is 31.9. The summed E-state index contributed by atoms with van der Waals surface area (Å²) >= 11 is 1.72. The summed E-state index contributed by atoms with van der Waals surface area (Å²) in [6, 6.07) is 38.5. The van der Waals surface area contributed by atoms with Crippen molar-refractivity contribution < 1.29 is 25.8 Å². The molecular formula is C40H30N5OPtS-3. The topological polar surface area (TPSA) is 46.4 Å². The van der Waals surface area contributed by atoms with Crippen molar-refractivity contribution in [2.45, 2.75) is 26.2 Å². The summed E-state index contributed by atoms with van der Waals surface area (Å²) < 4.78 is 9.88. The number of aromatic nitrogens is 3. The molecule has 0 saturated carbocycles. The molecule has 0 fully saturated rings. The van der Waals surface area contributed by atoms with Gasteiger partial charge in [-0.2, -0.15) is 18.8 Å². The SMILES string of the molecule is CN1[CH-]N(c2[c-]c(Oc3[c-]c4c(cc3)c3ccccc3n4-c3cc(C(C)(C)C)ccn3)ccc2)c2c1ccc1c2sc2ncccc21.[Pt]. The van der Waals surface area contributed by atoms with Gasteiger partial charge in [-0.1, -0.05) is 50.6 Å². The number of pyridine rings is 2. The number of nitrogens with zero attached hydrogens (tertiary/aromatic N) is 5. The second kappa shape index (κ2) is 11.5. The Labute approximate surface area is 297 Å². The second-order valence-corrected chi connectivity index (χ2v) is 14.0. The van der Waals surface area contributed by atoms with Gasteiger partial charge in [-0.05, 0) is 59.8 Å². The van der Waals surface area contributed by atoms with Crippen LogP contribution >= 0.6 is 11.3 Å². The standard InChI is InChI=1S/C40H30N5OS.Pt/c1-40(2,3)25-18-20-41-36(21-25)45-33-13-6-5-11-29(33)30-15-14-28(23-35(30)45)46-27-10-7-9-26(22-27)44-24-43(4)34-17-16-31-32-12-8-19-42-39(32)47-38(31)37(34)44;/h5-21,24H,1-4H3;/q-3;. The molecule has 48 heavy (non-hydrogen) atoms. The molecule has 1 aliphatic heterocycles. The van der Waals surface area contributed by atoms with Gasteiger partial charge < -0.3 is 19.1 Å². The van der Waals surface area contributed by atoms with Crippen LogP contribution in [-0.4, -0.2) is 21.6 Å². The van der Waals surface area contributed by atoms with Crippen molar-refractivity contribution in [3.8, 4) is 17.3 Å². The number of hydrogen-bond acceptors (Lipinski definition) is 6. The average Bonchev–Trinajstić information content (AvgIpc) is 3.73. The van der Waals surface area contributed by atoms with Gasteiger partial charge in [0, 0.05) is 66.9 Å². The summed E-state index contributed by atoms with van der Waals surface area (Å²) in [7, 11) is 2.08. The fraction of sp³-hybridized carbons (Fsp3) is 0.125. The molecule has 0 atom stereocenters. The molecule has 0 saturated heterocycles. The van der Waals surface area contributed by atoms with Crippen LogP contribution in [-0.2, 0) is 26.5 Å². The second-order valence-electron chi connectivity index (χ2n) is 13.0. The summed E-state index contributed by atoms with van der Waals surface area (Å²) in [5.74, 6) is 2.09. The van der Waals surface area contributed by atoms with E-state index in [1.165, 1.54) is 21.0 Å². The van der Waals surface area contributed by atoms with E-state index in [-0.39, 0.29) is 26.5 Å². The zero-order valence-corrected chi connectivity index (χ0v) is 29.8.